The Morgan fingerprint density at radius 3 is 2.83 bits per heavy atom. The molecular formula is C18H15Cl2NO3. The molecule has 1 saturated heterocycles. The second-order valence-electron chi connectivity index (χ2n) is 5.87. The fourth-order valence-electron chi connectivity index (χ4n) is 3.33. The molecule has 124 valence electrons. The second-order valence-corrected chi connectivity index (χ2v) is 6.68. The molecule has 6 heteroatoms. The molecule has 1 atom stereocenters. The number of carbonyl (C=O) groups excluding carboxylic acids is 1. The SMILES string of the molecule is O=C(c1cccc2c1OCO2)N1CCCC1c1ccc(Cl)c(Cl)c1. The third-order valence-corrected chi connectivity index (χ3v) is 5.21. The van der Waals surface area contributed by atoms with Crippen molar-refractivity contribution < 1.29 is 14.3 Å². The smallest absolute Gasteiger partial charge is 0.258 e. The van der Waals surface area contributed by atoms with E-state index in [4.69, 9.17) is 32.7 Å². The molecule has 0 bridgehead atoms. The zero-order valence-electron chi connectivity index (χ0n) is 12.8. The van der Waals surface area contributed by atoms with Gasteiger partial charge in [0.15, 0.2) is 11.5 Å². The van der Waals surface area contributed by atoms with Crippen LogP contribution in [-0.2, 0) is 0 Å². The molecule has 0 spiro atoms. The normalized spacial score (nSPS) is 18.9. The number of likely N-dealkylation sites (tertiary alicyclic amines) is 1. The fraction of sp³-hybridized carbons (Fsp3) is 0.278. The number of rotatable bonds is 2. The van der Waals surface area contributed by atoms with Crippen molar-refractivity contribution in [3.05, 3.63) is 57.6 Å². The number of fused-ring (bicyclic) bond motifs is 1. The molecule has 2 heterocycles. The molecule has 0 aromatic heterocycles. The zero-order chi connectivity index (χ0) is 16.7. The minimum absolute atomic E-state index is 0.00885. The highest BCUT2D eigenvalue weighted by Gasteiger charge is 2.33. The van der Waals surface area contributed by atoms with Crippen LogP contribution in [0.2, 0.25) is 10.0 Å². The quantitative estimate of drug-likeness (QED) is 0.776. The van der Waals surface area contributed by atoms with E-state index in [1.54, 1.807) is 18.2 Å². The van der Waals surface area contributed by atoms with Crippen LogP contribution < -0.4 is 9.47 Å². The number of ether oxygens (including phenoxy) is 2. The number of carbonyl (C=O) groups is 1. The molecule has 4 nitrogen and oxygen atoms in total. The van der Waals surface area contributed by atoms with Crippen molar-refractivity contribution in [3.63, 3.8) is 0 Å². The molecular weight excluding hydrogens is 349 g/mol. The van der Waals surface area contributed by atoms with Gasteiger partial charge in [0.25, 0.3) is 5.91 Å². The lowest BCUT2D eigenvalue weighted by Crippen LogP contribution is -2.30. The van der Waals surface area contributed by atoms with Crippen LogP contribution in [0.3, 0.4) is 0 Å². The average Bonchev–Trinajstić information content (AvgIpc) is 3.25. The molecule has 2 aliphatic rings. The molecule has 1 amide bonds. The number of para-hydroxylation sites is 1. The van der Waals surface area contributed by atoms with Crippen LogP contribution in [0.5, 0.6) is 11.5 Å². The molecule has 2 aliphatic heterocycles. The van der Waals surface area contributed by atoms with E-state index in [-0.39, 0.29) is 18.7 Å². The number of hydrogen-bond acceptors (Lipinski definition) is 3. The molecule has 24 heavy (non-hydrogen) atoms. The summed E-state index contributed by atoms with van der Waals surface area (Å²) >= 11 is 12.1. The number of nitrogens with zero attached hydrogens (tertiary/aromatic N) is 1. The van der Waals surface area contributed by atoms with E-state index >= 15 is 0 Å². The van der Waals surface area contributed by atoms with Gasteiger partial charge in [-0.15, -0.1) is 0 Å². The van der Waals surface area contributed by atoms with E-state index in [0.29, 0.717) is 33.7 Å². The van der Waals surface area contributed by atoms with Gasteiger partial charge in [0.2, 0.25) is 6.79 Å². The Morgan fingerprint density at radius 1 is 1.12 bits per heavy atom. The van der Waals surface area contributed by atoms with Crippen LogP contribution in [0, 0.1) is 0 Å². The van der Waals surface area contributed by atoms with Gasteiger partial charge in [-0.1, -0.05) is 35.3 Å². The van der Waals surface area contributed by atoms with Gasteiger partial charge in [-0.05, 0) is 42.7 Å². The highest BCUT2D eigenvalue weighted by atomic mass is 35.5. The van der Waals surface area contributed by atoms with Crippen molar-refractivity contribution in [2.24, 2.45) is 0 Å². The molecule has 0 N–H and O–H groups in total. The number of halogens is 2. The predicted molar refractivity (Wildman–Crippen MR) is 92.0 cm³/mol. The summed E-state index contributed by atoms with van der Waals surface area (Å²) < 4.78 is 10.8. The molecule has 0 radical (unpaired) electrons. The first-order chi connectivity index (χ1) is 11.6. The van der Waals surface area contributed by atoms with E-state index in [9.17, 15) is 4.79 Å². The second kappa shape index (κ2) is 6.19. The summed E-state index contributed by atoms with van der Waals surface area (Å²) in [6.07, 6.45) is 1.85. The predicted octanol–water partition coefficient (Wildman–Crippen LogP) is 4.70. The summed E-state index contributed by atoms with van der Waals surface area (Å²) in [7, 11) is 0. The topological polar surface area (TPSA) is 38.8 Å². The minimum atomic E-state index is -0.0501. The van der Waals surface area contributed by atoms with Crippen molar-refractivity contribution in [1.29, 1.82) is 0 Å². The third kappa shape index (κ3) is 2.60. The van der Waals surface area contributed by atoms with Crippen LogP contribution in [0.1, 0.15) is 34.8 Å². The number of benzene rings is 2. The Kier molecular flexibility index (Phi) is 4.02. The zero-order valence-corrected chi connectivity index (χ0v) is 14.3. The van der Waals surface area contributed by atoms with Gasteiger partial charge in [-0.2, -0.15) is 0 Å². The highest BCUT2D eigenvalue weighted by Crippen LogP contribution is 2.40. The Labute approximate surface area is 149 Å². The van der Waals surface area contributed by atoms with Crippen LogP contribution in [0.15, 0.2) is 36.4 Å². The van der Waals surface area contributed by atoms with Gasteiger partial charge in [-0.3, -0.25) is 4.79 Å². The molecule has 2 aromatic rings. The Hall–Kier alpha value is -1.91. The van der Waals surface area contributed by atoms with Crippen LogP contribution in [0.4, 0.5) is 0 Å². The van der Waals surface area contributed by atoms with Gasteiger partial charge in [0.1, 0.15) is 0 Å². The molecule has 1 unspecified atom stereocenters. The van der Waals surface area contributed by atoms with E-state index in [1.807, 2.05) is 23.1 Å². The van der Waals surface area contributed by atoms with Crippen LogP contribution >= 0.6 is 23.2 Å². The van der Waals surface area contributed by atoms with Crippen LogP contribution in [0.25, 0.3) is 0 Å². The maximum absolute atomic E-state index is 13.1. The summed E-state index contributed by atoms with van der Waals surface area (Å²) in [5.41, 5.74) is 1.54. The largest absolute Gasteiger partial charge is 0.454 e. The Morgan fingerprint density at radius 2 is 2.00 bits per heavy atom. The number of hydrogen-bond donors (Lipinski definition) is 0. The van der Waals surface area contributed by atoms with Crippen molar-refractivity contribution in [2.45, 2.75) is 18.9 Å². The highest BCUT2D eigenvalue weighted by molar-refractivity contribution is 6.42. The maximum atomic E-state index is 13.1. The third-order valence-electron chi connectivity index (χ3n) is 4.47. The minimum Gasteiger partial charge on any atom is -0.454 e. The van der Waals surface area contributed by atoms with E-state index < -0.39 is 0 Å². The van der Waals surface area contributed by atoms with Gasteiger partial charge >= 0.3 is 0 Å². The summed E-state index contributed by atoms with van der Waals surface area (Å²) in [4.78, 5) is 14.9. The maximum Gasteiger partial charge on any atom is 0.258 e. The lowest BCUT2D eigenvalue weighted by Gasteiger charge is -2.26. The van der Waals surface area contributed by atoms with Gasteiger partial charge in [0, 0.05) is 6.54 Å². The van der Waals surface area contributed by atoms with Crippen molar-refractivity contribution >= 4 is 29.1 Å². The van der Waals surface area contributed by atoms with Gasteiger partial charge in [-0.25, -0.2) is 0 Å². The van der Waals surface area contributed by atoms with Gasteiger partial charge in [0.05, 0.1) is 21.7 Å². The summed E-state index contributed by atoms with van der Waals surface area (Å²) in [6, 6.07) is 10.9. The first-order valence-corrected chi connectivity index (χ1v) is 8.55. The first kappa shape index (κ1) is 15.6. The standard InChI is InChI=1S/C18H15Cl2NO3/c19-13-7-6-11(9-14(13)20)15-4-2-8-21(15)18(22)12-3-1-5-16-17(12)24-10-23-16/h1,3,5-7,9,15H,2,4,8,10H2. The first-order valence-electron chi connectivity index (χ1n) is 7.79. The lowest BCUT2D eigenvalue weighted by atomic mass is 10.0. The van der Waals surface area contributed by atoms with Crippen molar-refractivity contribution in [2.75, 3.05) is 13.3 Å². The van der Waals surface area contributed by atoms with Gasteiger partial charge < -0.3 is 14.4 Å². The fourth-order valence-corrected chi connectivity index (χ4v) is 3.64. The summed E-state index contributed by atoms with van der Waals surface area (Å²) in [5.74, 6) is 1.10. The Balaban J connectivity index is 1.66. The molecule has 2 aromatic carbocycles. The monoisotopic (exact) mass is 363 g/mol. The molecule has 4 rings (SSSR count). The lowest BCUT2D eigenvalue weighted by molar-refractivity contribution is 0.0731. The van der Waals surface area contributed by atoms with E-state index in [1.165, 1.54) is 0 Å². The van der Waals surface area contributed by atoms with E-state index in [2.05, 4.69) is 0 Å². The van der Waals surface area contributed by atoms with Crippen LogP contribution in [-0.4, -0.2) is 24.1 Å². The summed E-state index contributed by atoms with van der Waals surface area (Å²) in [5, 5.41) is 1.02. The average molecular weight is 364 g/mol. The van der Waals surface area contributed by atoms with Crippen molar-refractivity contribution in [1.82, 2.24) is 4.90 Å². The molecule has 0 saturated carbocycles. The summed E-state index contributed by atoms with van der Waals surface area (Å²) in [6.45, 7) is 0.851. The Bertz CT molecular complexity index is 809. The van der Waals surface area contributed by atoms with E-state index in [0.717, 1.165) is 18.4 Å². The molecule has 1 fully saturated rings. The van der Waals surface area contributed by atoms with Crippen molar-refractivity contribution in [3.8, 4) is 11.5 Å². The molecule has 0 aliphatic carbocycles. The number of amides is 1.